The maximum absolute atomic E-state index is 12.5. The van der Waals surface area contributed by atoms with Gasteiger partial charge in [-0.15, -0.1) is 11.3 Å². The minimum atomic E-state index is -0.417. The molecule has 3 aromatic heterocycles. The predicted molar refractivity (Wildman–Crippen MR) is 99.4 cm³/mol. The minimum Gasteiger partial charge on any atom is -0.462 e. The van der Waals surface area contributed by atoms with E-state index >= 15 is 0 Å². The molecule has 0 aliphatic heterocycles. The van der Waals surface area contributed by atoms with Crippen LogP contribution in [0.1, 0.15) is 40.2 Å². The Morgan fingerprint density at radius 3 is 2.92 bits per heavy atom. The molecule has 3 rings (SSSR count). The normalized spacial score (nSPS) is 12.3. The van der Waals surface area contributed by atoms with E-state index in [0.29, 0.717) is 33.1 Å². The van der Waals surface area contributed by atoms with E-state index in [9.17, 15) is 9.59 Å². The lowest BCUT2D eigenvalue weighted by Crippen LogP contribution is -2.12. The molecular formula is C17H17N3O3S2. The zero-order valence-electron chi connectivity index (χ0n) is 14.0. The number of pyridine rings is 1. The van der Waals surface area contributed by atoms with Crippen molar-refractivity contribution in [1.82, 2.24) is 15.0 Å². The largest absolute Gasteiger partial charge is 0.462 e. The fraction of sp³-hybridized carbons (Fsp3) is 0.294. The number of hydrogen-bond acceptors (Lipinski definition) is 7. The molecule has 0 saturated heterocycles. The summed E-state index contributed by atoms with van der Waals surface area (Å²) in [5.74, 6) is 0.143. The number of aryl methyl sites for hydroxylation is 1. The topological polar surface area (TPSA) is 84.9 Å². The number of nitrogens with zero attached hydrogens (tertiary/aromatic N) is 2. The summed E-state index contributed by atoms with van der Waals surface area (Å²) < 4.78 is 5.05. The molecule has 1 unspecified atom stereocenters. The average molecular weight is 375 g/mol. The number of ether oxygens (including phenoxy) is 1. The molecule has 3 aromatic rings. The number of fused-ring (bicyclic) bond motifs is 1. The highest BCUT2D eigenvalue weighted by molar-refractivity contribution is 7.99. The number of rotatable bonds is 5. The number of thiophene rings is 1. The van der Waals surface area contributed by atoms with Crippen LogP contribution in [0.3, 0.4) is 0 Å². The van der Waals surface area contributed by atoms with Crippen LogP contribution in [0, 0.1) is 6.92 Å². The Bertz CT molecular complexity index is 966. The van der Waals surface area contributed by atoms with Crippen LogP contribution >= 0.6 is 23.1 Å². The molecule has 1 atom stereocenters. The summed E-state index contributed by atoms with van der Waals surface area (Å²) in [6, 6.07) is 5.67. The lowest BCUT2D eigenvalue weighted by Gasteiger charge is -2.09. The monoisotopic (exact) mass is 375 g/mol. The van der Waals surface area contributed by atoms with Crippen LogP contribution in [-0.4, -0.2) is 27.5 Å². The highest BCUT2D eigenvalue weighted by Crippen LogP contribution is 2.33. The van der Waals surface area contributed by atoms with Crippen LogP contribution < -0.4 is 5.56 Å². The first-order valence-electron chi connectivity index (χ1n) is 7.79. The Morgan fingerprint density at radius 1 is 1.44 bits per heavy atom. The lowest BCUT2D eigenvalue weighted by molar-refractivity contribution is 0.0531. The van der Waals surface area contributed by atoms with Gasteiger partial charge in [0.1, 0.15) is 15.5 Å². The first kappa shape index (κ1) is 17.6. The van der Waals surface area contributed by atoms with Crippen LogP contribution in [-0.2, 0) is 4.74 Å². The second-order valence-electron chi connectivity index (χ2n) is 5.34. The third-order valence-corrected chi connectivity index (χ3v) is 5.83. The molecule has 3 heterocycles. The van der Waals surface area contributed by atoms with E-state index in [1.165, 1.54) is 23.1 Å². The number of esters is 1. The Morgan fingerprint density at radius 2 is 2.24 bits per heavy atom. The van der Waals surface area contributed by atoms with E-state index in [1.807, 2.05) is 25.1 Å². The van der Waals surface area contributed by atoms with Gasteiger partial charge in [-0.2, -0.15) is 0 Å². The molecule has 0 bridgehead atoms. The summed E-state index contributed by atoms with van der Waals surface area (Å²) in [6.45, 7) is 5.74. The van der Waals surface area contributed by atoms with Crippen molar-refractivity contribution in [3.8, 4) is 0 Å². The van der Waals surface area contributed by atoms with E-state index in [1.54, 1.807) is 20.0 Å². The maximum Gasteiger partial charge on any atom is 0.348 e. The molecule has 0 aromatic carbocycles. The molecule has 0 saturated carbocycles. The first-order chi connectivity index (χ1) is 12.0. The number of carbonyl (C=O) groups excluding carboxylic acids is 1. The summed E-state index contributed by atoms with van der Waals surface area (Å²) in [4.78, 5) is 37.2. The quantitative estimate of drug-likeness (QED) is 0.540. The lowest BCUT2D eigenvalue weighted by atomic mass is 10.2. The van der Waals surface area contributed by atoms with E-state index in [2.05, 4.69) is 15.0 Å². The van der Waals surface area contributed by atoms with E-state index in [0.717, 1.165) is 5.03 Å². The van der Waals surface area contributed by atoms with E-state index in [-0.39, 0.29) is 10.8 Å². The van der Waals surface area contributed by atoms with Crippen molar-refractivity contribution >= 4 is 39.3 Å². The number of aromatic amines is 1. The van der Waals surface area contributed by atoms with Crippen molar-refractivity contribution < 1.29 is 9.53 Å². The molecule has 0 fully saturated rings. The van der Waals surface area contributed by atoms with E-state index in [4.69, 9.17) is 4.74 Å². The van der Waals surface area contributed by atoms with Crippen LogP contribution in [0.25, 0.3) is 10.2 Å². The summed E-state index contributed by atoms with van der Waals surface area (Å²) in [5, 5.41) is 1.22. The molecule has 0 radical (unpaired) electrons. The average Bonchev–Trinajstić information content (AvgIpc) is 2.93. The third kappa shape index (κ3) is 3.59. The van der Waals surface area contributed by atoms with Gasteiger partial charge in [-0.3, -0.25) is 4.79 Å². The van der Waals surface area contributed by atoms with Gasteiger partial charge >= 0.3 is 5.97 Å². The molecule has 0 spiro atoms. The molecule has 130 valence electrons. The van der Waals surface area contributed by atoms with Gasteiger partial charge in [0.05, 0.1) is 22.3 Å². The van der Waals surface area contributed by atoms with Gasteiger partial charge < -0.3 is 9.72 Å². The standard InChI is InChI=1S/C17H17N3O3S2/c1-4-23-17(22)13-9(2)12-15(21)19-14(20-16(12)25-13)10(3)24-11-7-5-6-8-18-11/h5-8,10H,4H2,1-3H3,(H,19,20,21). The number of aromatic nitrogens is 3. The van der Waals surface area contributed by atoms with Gasteiger partial charge in [-0.1, -0.05) is 17.8 Å². The molecule has 0 amide bonds. The minimum absolute atomic E-state index is 0.0829. The molecule has 0 aliphatic rings. The first-order valence-corrected chi connectivity index (χ1v) is 9.49. The predicted octanol–water partition coefficient (Wildman–Crippen LogP) is 3.72. The molecular weight excluding hydrogens is 358 g/mol. The van der Waals surface area contributed by atoms with Gasteiger partial charge in [0, 0.05) is 6.20 Å². The Hall–Kier alpha value is -2.19. The van der Waals surface area contributed by atoms with Gasteiger partial charge in [-0.05, 0) is 38.5 Å². The van der Waals surface area contributed by atoms with E-state index < -0.39 is 5.97 Å². The van der Waals surface area contributed by atoms with Crippen molar-refractivity contribution in [3.05, 3.63) is 51.0 Å². The fourth-order valence-corrected chi connectivity index (χ4v) is 4.35. The van der Waals surface area contributed by atoms with Crippen LogP contribution in [0.2, 0.25) is 0 Å². The summed E-state index contributed by atoms with van der Waals surface area (Å²) in [7, 11) is 0. The number of nitrogens with one attached hydrogen (secondary N) is 1. The zero-order valence-corrected chi connectivity index (χ0v) is 15.7. The second-order valence-corrected chi connectivity index (χ2v) is 7.70. The summed E-state index contributed by atoms with van der Waals surface area (Å²) in [5.41, 5.74) is 0.376. The Kier molecular flexibility index (Phi) is 5.19. The molecule has 1 N–H and O–H groups in total. The summed E-state index contributed by atoms with van der Waals surface area (Å²) in [6.07, 6.45) is 1.72. The van der Waals surface area contributed by atoms with Gasteiger partial charge in [0.25, 0.3) is 5.56 Å². The van der Waals surface area contributed by atoms with Crippen LogP contribution in [0.5, 0.6) is 0 Å². The van der Waals surface area contributed by atoms with Crippen molar-refractivity contribution in [2.75, 3.05) is 6.61 Å². The van der Waals surface area contributed by atoms with Crippen LogP contribution in [0.15, 0.2) is 34.2 Å². The highest BCUT2D eigenvalue weighted by Gasteiger charge is 2.21. The number of hydrogen-bond donors (Lipinski definition) is 1. The van der Waals surface area contributed by atoms with Crippen LogP contribution in [0.4, 0.5) is 0 Å². The third-order valence-electron chi connectivity index (χ3n) is 3.60. The molecule has 25 heavy (non-hydrogen) atoms. The smallest absolute Gasteiger partial charge is 0.348 e. The molecule has 0 aliphatic carbocycles. The number of carbonyl (C=O) groups is 1. The van der Waals surface area contributed by atoms with Crippen molar-refractivity contribution in [1.29, 1.82) is 0 Å². The zero-order chi connectivity index (χ0) is 18.0. The van der Waals surface area contributed by atoms with Crippen molar-refractivity contribution in [2.45, 2.75) is 31.0 Å². The maximum atomic E-state index is 12.5. The second kappa shape index (κ2) is 7.37. The SMILES string of the molecule is CCOC(=O)c1sc2nc(C(C)Sc3ccccn3)[nH]c(=O)c2c1C. The summed E-state index contributed by atoms with van der Waals surface area (Å²) >= 11 is 2.70. The Labute approximate surface area is 152 Å². The van der Waals surface area contributed by atoms with Gasteiger partial charge in [0.2, 0.25) is 0 Å². The number of H-pyrrole nitrogens is 1. The van der Waals surface area contributed by atoms with Gasteiger partial charge in [0.15, 0.2) is 0 Å². The number of thioether (sulfide) groups is 1. The van der Waals surface area contributed by atoms with Crippen molar-refractivity contribution in [3.63, 3.8) is 0 Å². The Balaban J connectivity index is 1.98. The fourth-order valence-electron chi connectivity index (χ4n) is 2.40. The highest BCUT2D eigenvalue weighted by atomic mass is 32.2. The molecule has 6 nitrogen and oxygen atoms in total. The van der Waals surface area contributed by atoms with Crippen molar-refractivity contribution in [2.24, 2.45) is 0 Å². The molecule has 8 heteroatoms. The van der Waals surface area contributed by atoms with Gasteiger partial charge in [-0.25, -0.2) is 14.8 Å².